The van der Waals surface area contributed by atoms with Gasteiger partial charge in [0.1, 0.15) is 0 Å². The van der Waals surface area contributed by atoms with Crippen molar-refractivity contribution in [2.24, 2.45) is 0 Å². The second-order valence-corrected chi connectivity index (χ2v) is 3.98. The molecule has 0 radical (unpaired) electrons. The van der Waals surface area contributed by atoms with Crippen LogP contribution in [0.15, 0.2) is 35.4 Å². The van der Waals surface area contributed by atoms with Gasteiger partial charge in [0, 0.05) is 24.4 Å². The number of hydrogen-bond acceptors (Lipinski definition) is 3. The number of rotatable bonds is 2. The third-order valence-corrected chi connectivity index (χ3v) is 2.82. The number of hydrogen-bond donors (Lipinski definition) is 2. The Hall–Kier alpha value is -2.12. The van der Waals surface area contributed by atoms with E-state index in [0.717, 1.165) is 24.2 Å². The van der Waals surface area contributed by atoms with E-state index in [0.29, 0.717) is 11.3 Å². The van der Waals surface area contributed by atoms with Crippen LogP contribution in [-0.4, -0.2) is 19.0 Å². The molecule has 0 aromatic heterocycles. The van der Waals surface area contributed by atoms with Crippen LogP contribution in [0.5, 0.6) is 0 Å². The van der Waals surface area contributed by atoms with Crippen LogP contribution in [-0.2, 0) is 4.79 Å². The summed E-state index contributed by atoms with van der Waals surface area (Å²) < 4.78 is 0. The average molecular weight is 227 g/mol. The molecule has 2 rings (SSSR count). The number of carbonyl (C=O) groups is 1. The maximum atomic E-state index is 11.8. The number of nitriles is 1. The van der Waals surface area contributed by atoms with E-state index >= 15 is 0 Å². The Labute approximate surface area is 99.9 Å². The highest BCUT2D eigenvalue weighted by Gasteiger charge is 2.15. The summed E-state index contributed by atoms with van der Waals surface area (Å²) in [7, 11) is 0. The second kappa shape index (κ2) is 4.81. The van der Waals surface area contributed by atoms with Crippen molar-refractivity contribution < 1.29 is 4.79 Å². The standard InChI is InChI=1S/C13H13N3O/c1-9(11-7-15-8-11)13(17)16-12-4-2-10(6-14)3-5-12/h2-5,15H,7-8H2,1H3,(H,16,17). The molecule has 1 aromatic carbocycles. The first kappa shape index (κ1) is 11.4. The van der Waals surface area contributed by atoms with E-state index in [2.05, 4.69) is 10.6 Å². The van der Waals surface area contributed by atoms with Gasteiger partial charge >= 0.3 is 0 Å². The zero-order valence-electron chi connectivity index (χ0n) is 9.58. The first-order valence-electron chi connectivity index (χ1n) is 5.41. The molecule has 0 saturated carbocycles. The van der Waals surface area contributed by atoms with Crippen molar-refractivity contribution >= 4 is 11.6 Å². The maximum Gasteiger partial charge on any atom is 0.251 e. The summed E-state index contributed by atoms with van der Waals surface area (Å²) in [5.74, 6) is -0.0776. The highest BCUT2D eigenvalue weighted by molar-refractivity contribution is 6.04. The summed E-state index contributed by atoms with van der Waals surface area (Å²) in [5.41, 5.74) is 3.21. The summed E-state index contributed by atoms with van der Waals surface area (Å²) in [5, 5.41) is 14.6. The third-order valence-electron chi connectivity index (χ3n) is 2.82. The molecule has 0 atom stereocenters. The Balaban J connectivity index is 2.05. The van der Waals surface area contributed by atoms with Crippen LogP contribution in [0.25, 0.3) is 0 Å². The van der Waals surface area contributed by atoms with Gasteiger partial charge in [0.25, 0.3) is 5.91 Å². The number of benzene rings is 1. The lowest BCUT2D eigenvalue weighted by Gasteiger charge is -2.21. The van der Waals surface area contributed by atoms with Crippen molar-refractivity contribution in [2.75, 3.05) is 18.4 Å². The lowest BCUT2D eigenvalue weighted by Crippen LogP contribution is -2.36. The van der Waals surface area contributed by atoms with Crippen molar-refractivity contribution in [2.45, 2.75) is 6.92 Å². The van der Waals surface area contributed by atoms with Crippen molar-refractivity contribution in [3.05, 3.63) is 41.0 Å². The van der Waals surface area contributed by atoms with Gasteiger partial charge in [-0.2, -0.15) is 5.26 Å². The number of nitrogens with one attached hydrogen (secondary N) is 2. The highest BCUT2D eigenvalue weighted by atomic mass is 16.1. The summed E-state index contributed by atoms with van der Waals surface area (Å²) in [6, 6.07) is 8.86. The fraction of sp³-hybridized carbons (Fsp3) is 0.231. The molecule has 17 heavy (non-hydrogen) atoms. The number of anilines is 1. The molecule has 0 aliphatic carbocycles. The normalized spacial score (nSPS) is 13.5. The molecule has 0 spiro atoms. The van der Waals surface area contributed by atoms with E-state index in [1.807, 2.05) is 13.0 Å². The van der Waals surface area contributed by atoms with Crippen molar-refractivity contribution in [3.63, 3.8) is 0 Å². The summed E-state index contributed by atoms with van der Waals surface area (Å²) in [6.07, 6.45) is 0. The molecule has 1 heterocycles. The monoisotopic (exact) mass is 227 g/mol. The van der Waals surface area contributed by atoms with Gasteiger partial charge < -0.3 is 10.6 Å². The molecule has 2 N–H and O–H groups in total. The summed E-state index contributed by atoms with van der Waals surface area (Å²) >= 11 is 0. The first-order valence-corrected chi connectivity index (χ1v) is 5.41. The lowest BCUT2D eigenvalue weighted by atomic mass is 10.0. The minimum atomic E-state index is -0.0776. The van der Waals surface area contributed by atoms with E-state index in [9.17, 15) is 4.79 Å². The minimum absolute atomic E-state index is 0.0776. The van der Waals surface area contributed by atoms with Crippen LogP contribution in [0.2, 0.25) is 0 Å². The molecule has 4 nitrogen and oxygen atoms in total. The molecule has 1 aromatic rings. The second-order valence-electron chi connectivity index (χ2n) is 3.98. The molecule has 0 unspecified atom stereocenters. The quantitative estimate of drug-likeness (QED) is 0.751. The van der Waals surface area contributed by atoms with E-state index in [4.69, 9.17) is 5.26 Å². The number of amides is 1. The lowest BCUT2D eigenvalue weighted by molar-refractivity contribution is -0.112. The van der Waals surface area contributed by atoms with E-state index < -0.39 is 0 Å². The Morgan fingerprint density at radius 2 is 2.00 bits per heavy atom. The van der Waals surface area contributed by atoms with Gasteiger partial charge in [0.05, 0.1) is 11.6 Å². The fourth-order valence-corrected chi connectivity index (χ4v) is 1.53. The van der Waals surface area contributed by atoms with Crippen LogP contribution in [0.1, 0.15) is 12.5 Å². The fourth-order valence-electron chi connectivity index (χ4n) is 1.53. The molecule has 1 aliphatic rings. The molecule has 4 heteroatoms. The SMILES string of the molecule is CC(C(=O)Nc1ccc(C#N)cc1)=C1CNC1. The number of nitrogens with zero attached hydrogens (tertiary/aromatic N) is 1. The summed E-state index contributed by atoms with van der Waals surface area (Å²) in [6.45, 7) is 3.43. The van der Waals surface area contributed by atoms with Gasteiger partial charge in [-0.1, -0.05) is 0 Å². The van der Waals surface area contributed by atoms with Gasteiger partial charge in [-0.25, -0.2) is 0 Å². The molecule has 1 fully saturated rings. The maximum absolute atomic E-state index is 11.8. The molecule has 1 saturated heterocycles. The highest BCUT2D eigenvalue weighted by Crippen LogP contribution is 2.13. The molecular formula is C13H13N3O. The van der Waals surface area contributed by atoms with Gasteiger partial charge in [-0.3, -0.25) is 4.79 Å². The van der Waals surface area contributed by atoms with E-state index in [1.54, 1.807) is 24.3 Å². The van der Waals surface area contributed by atoms with Crippen molar-refractivity contribution in [1.29, 1.82) is 5.26 Å². The zero-order valence-corrected chi connectivity index (χ0v) is 9.58. The van der Waals surface area contributed by atoms with Crippen LogP contribution in [0.3, 0.4) is 0 Å². The van der Waals surface area contributed by atoms with Crippen molar-refractivity contribution in [1.82, 2.24) is 5.32 Å². The van der Waals surface area contributed by atoms with Crippen molar-refractivity contribution in [3.8, 4) is 6.07 Å². The number of carbonyl (C=O) groups excluding carboxylic acids is 1. The molecular weight excluding hydrogens is 214 g/mol. The van der Waals surface area contributed by atoms with Gasteiger partial charge in [-0.15, -0.1) is 0 Å². The van der Waals surface area contributed by atoms with Gasteiger partial charge in [0.15, 0.2) is 0 Å². The smallest absolute Gasteiger partial charge is 0.251 e. The Kier molecular flexibility index (Phi) is 3.22. The minimum Gasteiger partial charge on any atom is -0.322 e. The molecule has 0 bridgehead atoms. The van der Waals surface area contributed by atoms with Gasteiger partial charge in [-0.05, 0) is 36.8 Å². The average Bonchev–Trinajstić information content (AvgIpc) is 2.27. The largest absolute Gasteiger partial charge is 0.322 e. The Morgan fingerprint density at radius 1 is 1.35 bits per heavy atom. The summed E-state index contributed by atoms with van der Waals surface area (Å²) in [4.78, 5) is 11.8. The van der Waals surface area contributed by atoms with Crippen LogP contribution in [0, 0.1) is 11.3 Å². The van der Waals surface area contributed by atoms with Crippen LogP contribution < -0.4 is 10.6 Å². The van der Waals surface area contributed by atoms with E-state index in [-0.39, 0.29) is 5.91 Å². The van der Waals surface area contributed by atoms with Gasteiger partial charge in [0.2, 0.25) is 0 Å². The first-order chi connectivity index (χ1) is 8.20. The third kappa shape index (κ3) is 2.52. The predicted molar refractivity (Wildman–Crippen MR) is 65.4 cm³/mol. The van der Waals surface area contributed by atoms with Crippen LogP contribution in [0.4, 0.5) is 5.69 Å². The zero-order chi connectivity index (χ0) is 12.3. The predicted octanol–water partition coefficient (Wildman–Crippen LogP) is 1.42. The molecule has 1 aliphatic heterocycles. The van der Waals surface area contributed by atoms with Crippen LogP contribution >= 0.6 is 0 Å². The Morgan fingerprint density at radius 3 is 2.47 bits per heavy atom. The molecule has 1 amide bonds. The molecule has 86 valence electrons. The van der Waals surface area contributed by atoms with E-state index in [1.165, 1.54) is 0 Å². The topological polar surface area (TPSA) is 64.9 Å². The Bertz CT molecular complexity index is 502.